The van der Waals surface area contributed by atoms with Crippen LogP contribution in [-0.4, -0.2) is 20.9 Å². The van der Waals surface area contributed by atoms with Crippen LogP contribution in [-0.2, 0) is 0 Å². The summed E-state index contributed by atoms with van der Waals surface area (Å²) < 4.78 is 27.6. The smallest absolute Gasteiger partial charge is 0.126 e. The summed E-state index contributed by atoms with van der Waals surface area (Å²) in [6, 6.07) is 19.0. The van der Waals surface area contributed by atoms with Crippen molar-refractivity contribution in [2.75, 3.05) is 0 Å². The highest BCUT2D eigenvalue weighted by molar-refractivity contribution is 6.01. The molecule has 1 atom stereocenters. The fourth-order valence-electron chi connectivity index (χ4n) is 3.87. The normalized spacial score (nSPS) is 12.5. The average Bonchev–Trinajstić information content (AvgIpc) is 2.81. The summed E-state index contributed by atoms with van der Waals surface area (Å²) in [4.78, 5) is 8.12. The molecule has 0 bridgehead atoms. The standard InChI is InChI=1S/C26H21F2N3O/c1-17-4-2-3-5-24(17)25(13-26(31-32)20-10-22(27)12-23(28)11-20)19-8-6-18(7-9-19)21-14-29-16-30-15-21/h2-12,14-16,25,32H,13H2,1H3/b31-26-. The summed E-state index contributed by atoms with van der Waals surface area (Å²) in [5.41, 5.74) is 5.39. The highest BCUT2D eigenvalue weighted by Crippen LogP contribution is 2.33. The minimum atomic E-state index is -0.719. The van der Waals surface area contributed by atoms with Crippen LogP contribution >= 0.6 is 0 Å². The van der Waals surface area contributed by atoms with E-state index in [0.717, 1.165) is 33.9 Å². The van der Waals surface area contributed by atoms with Gasteiger partial charge in [-0.1, -0.05) is 53.7 Å². The van der Waals surface area contributed by atoms with Crippen LogP contribution in [0.1, 0.15) is 34.6 Å². The molecule has 160 valence electrons. The van der Waals surface area contributed by atoms with Gasteiger partial charge in [-0.05, 0) is 41.3 Å². The molecule has 0 aliphatic rings. The van der Waals surface area contributed by atoms with Gasteiger partial charge in [-0.2, -0.15) is 0 Å². The van der Waals surface area contributed by atoms with E-state index in [2.05, 4.69) is 15.1 Å². The lowest BCUT2D eigenvalue weighted by molar-refractivity contribution is 0.317. The van der Waals surface area contributed by atoms with Crippen molar-refractivity contribution in [3.05, 3.63) is 119 Å². The van der Waals surface area contributed by atoms with Crippen LogP contribution in [0.15, 0.2) is 90.6 Å². The molecule has 0 aliphatic heterocycles. The zero-order chi connectivity index (χ0) is 22.5. The van der Waals surface area contributed by atoms with Crippen LogP contribution in [0, 0.1) is 18.6 Å². The van der Waals surface area contributed by atoms with Crippen LogP contribution in [0.25, 0.3) is 11.1 Å². The first-order chi connectivity index (χ1) is 15.5. The van der Waals surface area contributed by atoms with E-state index in [1.54, 1.807) is 12.4 Å². The van der Waals surface area contributed by atoms with E-state index < -0.39 is 11.6 Å². The van der Waals surface area contributed by atoms with Gasteiger partial charge >= 0.3 is 0 Å². The highest BCUT2D eigenvalue weighted by atomic mass is 19.1. The maximum atomic E-state index is 13.8. The van der Waals surface area contributed by atoms with Gasteiger partial charge < -0.3 is 5.21 Å². The number of halogens is 2. The van der Waals surface area contributed by atoms with Crippen LogP contribution in [0.2, 0.25) is 0 Å². The molecule has 0 fully saturated rings. The van der Waals surface area contributed by atoms with Gasteiger partial charge in [0, 0.05) is 41.9 Å². The van der Waals surface area contributed by atoms with E-state index in [9.17, 15) is 14.0 Å². The van der Waals surface area contributed by atoms with Gasteiger partial charge in [0.05, 0.1) is 5.71 Å². The third-order valence-electron chi connectivity index (χ3n) is 5.48. The summed E-state index contributed by atoms with van der Waals surface area (Å²) in [5, 5.41) is 13.1. The lowest BCUT2D eigenvalue weighted by Gasteiger charge is -2.21. The minimum Gasteiger partial charge on any atom is -0.411 e. The Balaban J connectivity index is 1.73. The van der Waals surface area contributed by atoms with Crippen molar-refractivity contribution in [1.82, 2.24) is 9.97 Å². The van der Waals surface area contributed by atoms with Gasteiger partial charge in [-0.3, -0.25) is 0 Å². The summed E-state index contributed by atoms with van der Waals surface area (Å²) in [7, 11) is 0. The van der Waals surface area contributed by atoms with Crippen LogP contribution in [0.5, 0.6) is 0 Å². The number of aromatic nitrogens is 2. The van der Waals surface area contributed by atoms with Gasteiger partial charge in [-0.25, -0.2) is 18.7 Å². The topological polar surface area (TPSA) is 58.4 Å². The maximum Gasteiger partial charge on any atom is 0.126 e. The van der Waals surface area contributed by atoms with Crippen molar-refractivity contribution >= 4 is 5.71 Å². The number of oxime groups is 1. The lowest BCUT2D eigenvalue weighted by atomic mass is 9.83. The molecule has 0 amide bonds. The van der Waals surface area contributed by atoms with Crippen molar-refractivity contribution in [2.24, 2.45) is 5.16 Å². The molecule has 32 heavy (non-hydrogen) atoms. The van der Waals surface area contributed by atoms with Crippen LogP contribution in [0.4, 0.5) is 8.78 Å². The van der Waals surface area contributed by atoms with Crippen LogP contribution < -0.4 is 0 Å². The quantitative estimate of drug-likeness (QED) is 0.228. The first-order valence-corrected chi connectivity index (χ1v) is 10.1. The Hall–Kier alpha value is -3.93. The molecule has 4 rings (SSSR count). The Labute approximate surface area is 184 Å². The zero-order valence-electron chi connectivity index (χ0n) is 17.4. The van der Waals surface area contributed by atoms with Crippen LogP contribution in [0.3, 0.4) is 0 Å². The Morgan fingerprint density at radius 3 is 2.19 bits per heavy atom. The van der Waals surface area contributed by atoms with E-state index in [1.165, 1.54) is 18.5 Å². The number of hydrogen-bond donors (Lipinski definition) is 1. The minimum absolute atomic E-state index is 0.186. The first-order valence-electron chi connectivity index (χ1n) is 10.1. The fraction of sp³-hybridized carbons (Fsp3) is 0.115. The third-order valence-corrected chi connectivity index (χ3v) is 5.48. The molecule has 0 spiro atoms. The van der Waals surface area contributed by atoms with Crippen molar-refractivity contribution in [3.8, 4) is 11.1 Å². The average molecular weight is 429 g/mol. The van der Waals surface area contributed by atoms with Gasteiger partial charge in [0.15, 0.2) is 0 Å². The van der Waals surface area contributed by atoms with Crippen molar-refractivity contribution in [2.45, 2.75) is 19.3 Å². The fourth-order valence-corrected chi connectivity index (χ4v) is 3.87. The molecule has 0 saturated carbocycles. The summed E-state index contributed by atoms with van der Waals surface area (Å²) >= 11 is 0. The second-order valence-electron chi connectivity index (χ2n) is 7.57. The molecule has 1 aromatic heterocycles. The molecule has 1 unspecified atom stereocenters. The Kier molecular flexibility index (Phi) is 6.31. The van der Waals surface area contributed by atoms with Crippen molar-refractivity contribution in [1.29, 1.82) is 0 Å². The monoisotopic (exact) mass is 429 g/mol. The largest absolute Gasteiger partial charge is 0.411 e. The van der Waals surface area contributed by atoms with E-state index in [0.29, 0.717) is 0 Å². The van der Waals surface area contributed by atoms with Gasteiger partial charge in [0.1, 0.15) is 18.0 Å². The molecular formula is C26H21F2N3O. The number of rotatable bonds is 6. The maximum absolute atomic E-state index is 13.8. The van der Waals surface area contributed by atoms with E-state index in [4.69, 9.17) is 0 Å². The first kappa shape index (κ1) is 21.3. The van der Waals surface area contributed by atoms with Crippen molar-refractivity contribution < 1.29 is 14.0 Å². The molecule has 4 aromatic rings. The van der Waals surface area contributed by atoms with E-state index >= 15 is 0 Å². The molecule has 0 saturated heterocycles. The molecule has 1 N–H and O–H groups in total. The number of nitrogens with zero attached hydrogens (tertiary/aromatic N) is 3. The van der Waals surface area contributed by atoms with E-state index in [1.807, 2.05) is 55.5 Å². The molecular weight excluding hydrogens is 408 g/mol. The third kappa shape index (κ3) is 4.70. The lowest BCUT2D eigenvalue weighted by Crippen LogP contribution is -2.12. The predicted octanol–water partition coefficient (Wildman–Crippen LogP) is 6.13. The Bertz CT molecular complexity index is 1220. The van der Waals surface area contributed by atoms with Gasteiger partial charge in [0.25, 0.3) is 0 Å². The Morgan fingerprint density at radius 2 is 1.56 bits per heavy atom. The summed E-state index contributed by atoms with van der Waals surface area (Å²) in [5.74, 6) is -1.62. The molecule has 1 heterocycles. The van der Waals surface area contributed by atoms with Crippen molar-refractivity contribution in [3.63, 3.8) is 0 Å². The number of aryl methyl sites for hydroxylation is 1. The predicted molar refractivity (Wildman–Crippen MR) is 120 cm³/mol. The second-order valence-corrected chi connectivity index (χ2v) is 7.57. The van der Waals surface area contributed by atoms with Gasteiger partial charge in [-0.15, -0.1) is 0 Å². The summed E-state index contributed by atoms with van der Waals surface area (Å²) in [6.45, 7) is 2.01. The molecule has 6 heteroatoms. The number of hydrogen-bond acceptors (Lipinski definition) is 4. The second kappa shape index (κ2) is 9.47. The number of benzene rings is 3. The summed E-state index contributed by atoms with van der Waals surface area (Å²) in [6.07, 6.45) is 5.24. The highest BCUT2D eigenvalue weighted by Gasteiger charge is 2.21. The molecule has 3 aromatic carbocycles. The molecule has 4 nitrogen and oxygen atoms in total. The van der Waals surface area contributed by atoms with Gasteiger partial charge in [0.2, 0.25) is 0 Å². The zero-order valence-corrected chi connectivity index (χ0v) is 17.4. The molecule has 0 radical (unpaired) electrons. The molecule has 0 aliphatic carbocycles. The van der Waals surface area contributed by atoms with E-state index in [-0.39, 0.29) is 23.6 Å². The SMILES string of the molecule is Cc1ccccc1C(C/C(=N/O)c1cc(F)cc(F)c1)c1ccc(-c2cncnc2)cc1. The Morgan fingerprint density at radius 1 is 0.906 bits per heavy atom.